The highest BCUT2D eigenvalue weighted by atomic mass is 32.2. The summed E-state index contributed by atoms with van der Waals surface area (Å²) in [6, 6.07) is 4.49. The summed E-state index contributed by atoms with van der Waals surface area (Å²) in [5, 5.41) is 10.6. The van der Waals surface area contributed by atoms with Crippen molar-refractivity contribution in [2.45, 2.75) is 50.7 Å². The molecule has 2 fully saturated rings. The number of hydrogen-bond donors (Lipinski definition) is 1. The van der Waals surface area contributed by atoms with Gasteiger partial charge in [0.15, 0.2) is 0 Å². The van der Waals surface area contributed by atoms with E-state index in [0.717, 1.165) is 55.2 Å². The molecule has 4 rings (SSSR count). The van der Waals surface area contributed by atoms with Crippen molar-refractivity contribution < 1.29 is 17.9 Å². The Hall–Kier alpha value is -2.19. The topological polar surface area (TPSA) is 112 Å². The minimum atomic E-state index is -3.32. The predicted octanol–water partition coefficient (Wildman–Crippen LogP) is 2.89. The van der Waals surface area contributed by atoms with Gasteiger partial charge in [0.25, 0.3) is 0 Å². The van der Waals surface area contributed by atoms with Crippen LogP contribution in [0.4, 0.5) is 5.69 Å². The molecule has 186 valence electrons. The van der Waals surface area contributed by atoms with Crippen LogP contribution < -0.4 is 4.90 Å². The molecule has 2 aromatic heterocycles. The number of aromatic amines is 1. The maximum absolute atomic E-state index is 13.2. The third-order valence-electron chi connectivity index (χ3n) is 7.22. The molecule has 0 spiro atoms. The number of aromatic nitrogens is 2. The van der Waals surface area contributed by atoms with Crippen LogP contribution >= 0.6 is 0 Å². The zero-order chi connectivity index (χ0) is 24.1. The summed E-state index contributed by atoms with van der Waals surface area (Å²) in [5.41, 5.74) is 2.23. The molecule has 0 radical (unpaired) electrons. The number of sulfonamides is 1. The van der Waals surface area contributed by atoms with E-state index >= 15 is 0 Å². The van der Waals surface area contributed by atoms with Gasteiger partial charge in [0, 0.05) is 51.1 Å². The van der Waals surface area contributed by atoms with E-state index in [1.807, 2.05) is 19.3 Å². The van der Waals surface area contributed by atoms with Gasteiger partial charge in [-0.15, -0.1) is 0 Å². The number of anilines is 1. The molecular formula is C24H35N5O4S. The van der Waals surface area contributed by atoms with Crippen LogP contribution in [0.3, 0.4) is 0 Å². The number of piperidine rings is 1. The Bertz CT molecular complexity index is 1100. The molecule has 1 saturated heterocycles. The Morgan fingerprint density at radius 3 is 2.79 bits per heavy atom. The minimum Gasteiger partial charge on any atom is -0.382 e. The fourth-order valence-corrected chi connectivity index (χ4v) is 7.27. The Balaban J connectivity index is 1.34. The second-order valence-corrected chi connectivity index (χ2v) is 11.4. The van der Waals surface area contributed by atoms with Gasteiger partial charge < -0.3 is 19.4 Å². The van der Waals surface area contributed by atoms with Crippen LogP contribution in [-0.4, -0.2) is 81.1 Å². The molecule has 0 bridgehead atoms. The molecule has 1 aliphatic heterocycles. The SMILES string of the molecule is COCCOC1CCCN(S(=O)(=O)C[C@H]2CC[C@H](N(C)c3c(C#N)cnc4[nH]ccc34)CC2)C1. The first-order valence-corrected chi connectivity index (χ1v) is 13.7. The van der Waals surface area contributed by atoms with Crippen LogP contribution in [0, 0.1) is 17.2 Å². The molecule has 1 atom stereocenters. The van der Waals surface area contributed by atoms with E-state index in [4.69, 9.17) is 9.47 Å². The maximum Gasteiger partial charge on any atom is 0.214 e. The molecular weight excluding hydrogens is 454 g/mol. The molecule has 1 aliphatic carbocycles. The number of ether oxygens (including phenoxy) is 2. The standard InChI is InChI=1S/C24H35N5O4S/c1-28(23-19(14-25)15-27-24-22(23)9-10-26-24)20-7-5-18(6-8-20)17-34(30,31)29-11-3-4-21(16-29)33-13-12-32-2/h9-10,15,18,20-21H,3-8,11-13,16-17H2,1-2H3,(H,26,27)/t18-,20-,21?. The minimum absolute atomic E-state index is 0.0528. The smallest absolute Gasteiger partial charge is 0.214 e. The number of rotatable bonds is 9. The highest BCUT2D eigenvalue weighted by Crippen LogP contribution is 2.35. The van der Waals surface area contributed by atoms with Gasteiger partial charge in [0.05, 0.1) is 36.3 Å². The summed E-state index contributed by atoms with van der Waals surface area (Å²) in [5.74, 6) is 0.360. The lowest BCUT2D eigenvalue weighted by Gasteiger charge is -2.37. The van der Waals surface area contributed by atoms with Crippen molar-refractivity contribution in [3.63, 3.8) is 0 Å². The summed E-state index contributed by atoms with van der Waals surface area (Å²) in [7, 11) is 0.347. The second kappa shape index (κ2) is 11.0. The number of methoxy groups -OCH3 is 1. The number of fused-ring (bicyclic) bond motifs is 1. The van der Waals surface area contributed by atoms with E-state index in [1.54, 1.807) is 17.6 Å². The van der Waals surface area contributed by atoms with Crippen molar-refractivity contribution >= 4 is 26.7 Å². The molecule has 2 aromatic rings. The first kappa shape index (κ1) is 24.9. The molecule has 1 saturated carbocycles. The van der Waals surface area contributed by atoms with Crippen LogP contribution in [0.1, 0.15) is 44.1 Å². The van der Waals surface area contributed by atoms with E-state index in [1.165, 1.54) is 0 Å². The largest absolute Gasteiger partial charge is 0.382 e. The fraction of sp³-hybridized carbons (Fsp3) is 0.667. The summed E-state index contributed by atoms with van der Waals surface area (Å²) < 4.78 is 38.8. The van der Waals surface area contributed by atoms with Crippen molar-refractivity contribution in [3.8, 4) is 6.07 Å². The first-order valence-electron chi connectivity index (χ1n) is 12.1. The van der Waals surface area contributed by atoms with Gasteiger partial charge in [-0.05, 0) is 50.5 Å². The Kier molecular flexibility index (Phi) is 8.09. The highest BCUT2D eigenvalue weighted by molar-refractivity contribution is 7.89. The first-order chi connectivity index (χ1) is 16.4. The summed E-state index contributed by atoms with van der Waals surface area (Å²) in [6.07, 6.45) is 8.65. The van der Waals surface area contributed by atoms with Gasteiger partial charge in [-0.2, -0.15) is 9.57 Å². The normalized spacial score (nSPS) is 24.2. The third-order valence-corrected chi connectivity index (χ3v) is 9.23. The molecule has 34 heavy (non-hydrogen) atoms. The van der Waals surface area contributed by atoms with Crippen LogP contribution in [0.5, 0.6) is 0 Å². The van der Waals surface area contributed by atoms with Gasteiger partial charge in [0.1, 0.15) is 11.7 Å². The molecule has 1 unspecified atom stereocenters. The van der Waals surface area contributed by atoms with Crippen molar-refractivity contribution in [2.24, 2.45) is 5.92 Å². The summed E-state index contributed by atoms with van der Waals surface area (Å²) >= 11 is 0. The number of H-pyrrole nitrogens is 1. The van der Waals surface area contributed by atoms with E-state index in [9.17, 15) is 13.7 Å². The molecule has 10 heteroatoms. The van der Waals surface area contributed by atoms with Crippen molar-refractivity contribution in [3.05, 3.63) is 24.0 Å². The monoisotopic (exact) mass is 489 g/mol. The third kappa shape index (κ3) is 5.54. The molecule has 9 nitrogen and oxygen atoms in total. The molecule has 3 heterocycles. The molecule has 0 aromatic carbocycles. The van der Waals surface area contributed by atoms with E-state index < -0.39 is 10.0 Å². The van der Waals surface area contributed by atoms with Crippen LogP contribution in [0.25, 0.3) is 11.0 Å². The quantitative estimate of drug-likeness (QED) is 0.539. The van der Waals surface area contributed by atoms with Crippen LogP contribution in [0.15, 0.2) is 18.5 Å². The fourth-order valence-electron chi connectivity index (χ4n) is 5.33. The lowest BCUT2D eigenvalue weighted by Crippen LogP contribution is -2.46. The van der Waals surface area contributed by atoms with E-state index in [2.05, 4.69) is 20.9 Å². The van der Waals surface area contributed by atoms with Crippen molar-refractivity contribution in [1.29, 1.82) is 5.26 Å². The average Bonchev–Trinajstić information content (AvgIpc) is 3.32. The lowest BCUT2D eigenvalue weighted by atomic mass is 9.86. The van der Waals surface area contributed by atoms with E-state index in [-0.39, 0.29) is 23.8 Å². The Morgan fingerprint density at radius 1 is 1.26 bits per heavy atom. The van der Waals surface area contributed by atoms with Crippen molar-refractivity contribution in [2.75, 3.05) is 51.1 Å². The van der Waals surface area contributed by atoms with Gasteiger partial charge in [-0.3, -0.25) is 0 Å². The van der Waals surface area contributed by atoms with Crippen molar-refractivity contribution in [1.82, 2.24) is 14.3 Å². The van der Waals surface area contributed by atoms with Crippen LogP contribution in [-0.2, 0) is 19.5 Å². The lowest BCUT2D eigenvalue weighted by molar-refractivity contribution is -0.00658. The number of nitrogens with one attached hydrogen (secondary N) is 1. The maximum atomic E-state index is 13.2. The summed E-state index contributed by atoms with van der Waals surface area (Å²) in [4.78, 5) is 9.64. The Labute approximate surface area is 202 Å². The summed E-state index contributed by atoms with van der Waals surface area (Å²) in [6.45, 7) is 2.03. The van der Waals surface area contributed by atoms with Gasteiger partial charge in [0.2, 0.25) is 10.0 Å². The second-order valence-electron chi connectivity index (χ2n) is 9.42. The zero-order valence-corrected chi connectivity index (χ0v) is 20.9. The van der Waals surface area contributed by atoms with E-state index in [0.29, 0.717) is 31.9 Å². The molecule has 1 N–H and O–H groups in total. The Morgan fingerprint density at radius 2 is 2.06 bits per heavy atom. The molecule has 0 amide bonds. The number of nitrogens with zero attached hydrogens (tertiary/aromatic N) is 4. The molecule has 2 aliphatic rings. The van der Waals surface area contributed by atoms with Gasteiger partial charge in [-0.1, -0.05) is 0 Å². The van der Waals surface area contributed by atoms with Crippen LogP contribution in [0.2, 0.25) is 0 Å². The highest BCUT2D eigenvalue weighted by Gasteiger charge is 2.34. The average molecular weight is 490 g/mol. The zero-order valence-electron chi connectivity index (χ0n) is 20.1. The predicted molar refractivity (Wildman–Crippen MR) is 131 cm³/mol. The number of hydrogen-bond acceptors (Lipinski definition) is 7. The van der Waals surface area contributed by atoms with Gasteiger partial charge >= 0.3 is 0 Å². The van der Waals surface area contributed by atoms with Gasteiger partial charge in [-0.25, -0.2) is 13.4 Å². The number of pyridine rings is 1. The number of nitriles is 1.